The van der Waals surface area contributed by atoms with Gasteiger partial charge < -0.3 is 5.73 Å². The maximum atomic E-state index is 12.3. The summed E-state index contributed by atoms with van der Waals surface area (Å²) >= 11 is 3.35. The summed E-state index contributed by atoms with van der Waals surface area (Å²) in [5.41, 5.74) is 6.35. The molecule has 0 bridgehead atoms. The van der Waals surface area contributed by atoms with Crippen molar-refractivity contribution in [2.24, 2.45) is 11.7 Å². The van der Waals surface area contributed by atoms with Gasteiger partial charge in [-0.25, -0.2) is 13.1 Å². The van der Waals surface area contributed by atoms with Crippen LogP contribution in [0.5, 0.6) is 0 Å². The quantitative estimate of drug-likeness (QED) is 0.835. The third kappa shape index (κ3) is 3.92. The van der Waals surface area contributed by atoms with Gasteiger partial charge in [0.2, 0.25) is 10.0 Å². The molecular weight excluding hydrogens is 352 g/mol. The lowest BCUT2D eigenvalue weighted by atomic mass is 10.2. The Labute approximate surface area is 128 Å². The van der Waals surface area contributed by atoms with E-state index in [0.717, 1.165) is 22.9 Å². The van der Waals surface area contributed by atoms with Crippen molar-refractivity contribution in [3.8, 4) is 0 Å². The fourth-order valence-corrected chi connectivity index (χ4v) is 4.06. The second-order valence-corrected chi connectivity index (χ2v) is 7.20. The number of rotatable bonds is 5. The van der Waals surface area contributed by atoms with E-state index in [0.29, 0.717) is 17.4 Å². The molecule has 2 rings (SSSR count). The lowest BCUT2D eigenvalue weighted by Gasteiger charge is -2.17. The molecule has 0 heterocycles. The molecule has 0 radical (unpaired) electrons. The van der Waals surface area contributed by atoms with Gasteiger partial charge in [-0.2, -0.15) is 0 Å². The van der Waals surface area contributed by atoms with Crippen molar-refractivity contribution in [2.75, 3.05) is 6.54 Å². The first-order chi connectivity index (χ1) is 8.45. The summed E-state index contributed by atoms with van der Waals surface area (Å²) in [7, 11) is -3.49. The first kappa shape index (κ1) is 16.9. The molecule has 1 fully saturated rings. The van der Waals surface area contributed by atoms with Gasteiger partial charge in [0.25, 0.3) is 0 Å². The minimum Gasteiger partial charge on any atom is -0.329 e. The molecule has 1 aliphatic rings. The minimum atomic E-state index is -3.49. The molecule has 7 heteroatoms. The highest BCUT2D eigenvalue weighted by molar-refractivity contribution is 9.10. The summed E-state index contributed by atoms with van der Waals surface area (Å²) in [5.74, 6) is 0.400. The Hall–Kier alpha value is -0.140. The number of benzene rings is 1. The average molecular weight is 370 g/mol. The predicted octanol–water partition coefficient (Wildman–Crippen LogP) is 2.19. The van der Waals surface area contributed by atoms with Crippen LogP contribution in [0.1, 0.15) is 18.4 Å². The van der Waals surface area contributed by atoms with Gasteiger partial charge in [-0.15, -0.1) is 12.4 Å². The Morgan fingerprint density at radius 1 is 1.47 bits per heavy atom. The fourth-order valence-electron chi connectivity index (χ4n) is 1.98. The smallest absolute Gasteiger partial charge is 0.241 e. The van der Waals surface area contributed by atoms with E-state index in [1.165, 1.54) is 0 Å². The van der Waals surface area contributed by atoms with Crippen LogP contribution in [0.4, 0.5) is 0 Å². The number of nitrogens with two attached hydrogens (primary N) is 1. The van der Waals surface area contributed by atoms with Crippen LogP contribution < -0.4 is 10.5 Å². The SMILES string of the molecule is Cc1c(Br)cccc1S(=O)(=O)NC(CN)C1CC1.Cl. The molecule has 1 aromatic rings. The van der Waals surface area contributed by atoms with Crippen molar-refractivity contribution in [3.05, 3.63) is 28.2 Å². The minimum absolute atomic E-state index is 0. The maximum Gasteiger partial charge on any atom is 0.241 e. The summed E-state index contributed by atoms with van der Waals surface area (Å²) in [6, 6.07) is 5.02. The number of hydrogen-bond donors (Lipinski definition) is 2. The molecule has 108 valence electrons. The number of sulfonamides is 1. The molecule has 1 atom stereocenters. The van der Waals surface area contributed by atoms with Gasteiger partial charge in [-0.05, 0) is 43.4 Å². The molecule has 0 aromatic heterocycles. The van der Waals surface area contributed by atoms with E-state index in [9.17, 15) is 8.42 Å². The molecule has 1 unspecified atom stereocenters. The van der Waals surface area contributed by atoms with Crippen LogP contribution in [0.25, 0.3) is 0 Å². The highest BCUT2D eigenvalue weighted by Crippen LogP contribution is 2.33. The standard InChI is InChI=1S/C12H17BrN2O2S.ClH/c1-8-10(13)3-2-4-12(8)18(16,17)15-11(7-14)9-5-6-9;/h2-4,9,11,15H,5-7,14H2,1H3;1H. The predicted molar refractivity (Wildman–Crippen MR) is 82.0 cm³/mol. The Kier molecular flexibility index (Phi) is 5.82. The molecular formula is C12H18BrClN2O2S. The first-order valence-electron chi connectivity index (χ1n) is 5.93. The van der Waals surface area contributed by atoms with Crippen molar-refractivity contribution in [3.63, 3.8) is 0 Å². The zero-order chi connectivity index (χ0) is 13.3. The summed E-state index contributed by atoms with van der Waals surface area (Å²) in [6.07, 6.45) is 2.11. The molecule has 19 heavy (non-hydrogen) atoms. The summed E-state index contributed by atoms with van der Waals surface area (Å²) < 4.78 is 28.1. The number of hydrogen-bond acceptors (Lipinski definition) is 3. The van der Waals surface area contributed by atoms with Crippen LogP contribution in [0.15, 0.2) is 27.6 Å². The molecule has 4 nitrogen and oxygen atoms in total. The van der Waals surface area contributed by atoms with Crippen LogP contribution in [0.2, 0.25) is 0 Å². The van der Waals surface area contributed by atoms with Crippen molar-refractivity contribution in [1.82, 2.24) is 4.72 Å². The summed E-state index contributed by atoms with van der Waals surface area (Å²) in [6.45, 7) is 2.13. The zero-order valence-electron chi connectivity index (χ0n) is 10.6. The normalized spacial score (nSPS) is 16.8. The molecule has 0 amide bonds. The van der Waals surface area contributed by atoms with Gasteiger partial charge in [-0.1, -0.05) is 22.0 Å². The highest BCUT2D eigenvalue weighted by Gasteiger charge is 2.33. The van der Waals surface area contributed by atoms with Crippen molar-refractivity contribution >= 4 is 38.4 Å². The van der Waals surface area contributed by atoms with Gasteiger partial charge in [0.15, 0.2) is 0 Å². The summed E-state index contributed by atoms with van der Waals surface area (Å²) in [4.78, 5) is 0.316. The van der Waals surface area contributed by atoms with E-state index >= 15 is 0 Å². The van der Waals surface area contributed by atoms with Gasteiger partial charge in [0.05, 0.1) is 4.90 Å². The van der Waals surface area contributed by atoms with Crippen molar-refractivity contribution < 1.29 is 8.42 Å². The van der Waals surface area contributed by atoms with Gasteiger partial charge in [-0.3, -0.25) is 0 Å². The Morgan fingerprint density at radius 3 is 2.63 bits per heavy atom. The molecule has 1 saturated carbocycles. The molecule has 1 aliphatic carbocycles. The van der Waals surface area contributed by atoms with E-state index < -0.39 is 10.0 Å². The van der Waals surface area contributed by atoms with Crippen LogP contribution >= 0.6 is 28.3 Å². The zero-order valence-corrected chi connectivity index (χ0v) is 13.8. The molecule has 0 spiro atoms. The fraction of sp³-hybridized carbons (Fsp3) is 0.500. The molecule has 0 saturated heterocycles. The highest BCUT2D eigenvalue weighted by atomic mass is 79.9. The third-order valence-electron chi connectivity index (χ3n) is 3.26. The van der Waals surface area contributed by atoms with Crippen LogP contribution in [0.3, 0.4) is 0 Å². The van der Waals surface area contributed by atoms with Crippen LogP contribution in [0, 0.1) is 12.8 Å². The maximum absolute atomic E-state index is 12.3. The Balaban J connectivity index is 0.00000180. The van der Waals surface area contributed by atoms with Crippen molar-refractivity contribution in [1.29, 1.82) is 0 Å². The lowest BCUT2D eigenvalue weighted by molar-refractivity contribution is 0.519. The topological polar surface area (TPSA) is 72.2 Å². The van der Waals surface area contributed by atoms with Gasteiger partial charge >= 0.3 is 0 Å². The summed E-state index contributed by atoms with van der Waals surface area (Å²) in [5, 5.41) is 0. The van der Waals surface area contributed by atoms with Crippen molar-refractivity contribution in [2.45, 2.75) is 30.7 Å². The third-order valence-corrected chi connectivity index (χ3v) is 5.75. The Morgan fingerprint density at radius 2 is 2.11 bits per heavy atom. The first-order valence-corrected chi connectivity index (χ1v) is 8.21. The number of halogens is 2. The lowest BCUT2D eigenvalue weighted by Crippen LogP contribution is -2.41. The van der Waals surface area contributed by atoms with Gasteiger partial charge in [0, 0.05) is 17.1 Å². The monoisotopic (exact) mass is 368 g/mol. The van der Waals surface area contributed by atoms with Gasteiger partial charge in [0.1, 0.15) is 0 Å². The second kappa shape index (κ2) is 6.54. The largest absolute Gasteiger partial charge is 0.329 e. The molecule has 3 N–H and O–H groups in total. The van der Waals surface area contributed by atoms with E-state index in [-0.39, 0.29) is 18.4 Å². The van der Waals surface area contributed by atoms with E-state index in [1.807, 2.05) is 6.07 Å². The second-order valence-electron chi connectivity index (χ2n) is 4.66. The van der Waals surface area contributed by atoms with E-state index in [4.69, 9.17) is 5.73 Å². The average Bonchev–Trinajstić information content (AvgIpc) is 3.13. The van der Waals surface area contributed by atoms with Crippen LogP contribution in [-0.4, -0.2) is 21.0 Å². The molecule has 1 aromatic carbocycles. The van der Waals surface area contributed by atoms with E-state index in [1.54, 1.807) is 19.1 Å². The number of nitrogens with one attached hydrogen (secondary N) is 1. The van der Waals surface area contributed by atoms with E-state index in [2.05, 4.69) is 20.7 Å². The Bertz CT molecular complexity index is 547. The van der Waals surface area contributed by atoms with Crippen LogP contribution in [-0.2, 0) is 10.0 Å². The molecule has 0 aliphatic heterocycles.